The number of halogens is 3. The Morgan fingerprint density at radius 2 is 1.84 bits per heavy atom. The molecule has 0 N–H and O–H groups in total. The summed E-state index contributed by atoms with van der Waals surface area (Å²) in [5.41, 5.74) is -1.42. The summed E-state index contributed by atoms with van der Waals surface area (Å²) in [6.45, 7) is 5.09. The summed E-state index contributed by atoms with van der Waals surface area (Å²) in [6.07, 6.45) is 1.32. The molecule has 0 aliphatic heterocycles. The summed E-state index contributed by atoms with van der Waals surface area (Å²) in [4.78, 5) is 12.2. The molecule has 0 heterocycles. The molecule has 3 nitrogen and oxygen atoms in total. The monoisotopic (exact) mass is 465 g/mol. The zero-order chi connectivity index (χ0) is 22.9. The summed E-state index contributed by atoms with van der Waals surface area (Å²) >= 11 is 6.33. The van der Waals surface area contributed by atoms with Crippen LogP contribution in [0.1, 0.15) is 26.3 Å². The molecule has 0 spiro atoms. The molecule has 2 unspecified atom stereocenters. The molecule has 3 rings (SSSR count). The van der Waals surface area contributed by atoms with Crippen LogP contribution >= 0.6 is 23.4 Å². The number of alkyl halides is 2. The van der Waals surface area contributed by atoms with E-state index >= 15 is 0 Å². The van der Waals surface area contributed by atoms with Gasteiger partial charge in [-0.15, -0.1) is 0 Å². The highest BCUT2D eigenvalue weighted by Crippen LogP contribution is 2.71. The number of hydrogen-bond acceptors (Lipinski definition) is 4. The molecule has 166 valence electrons. The minimum Gasteiger partial charge on any atom is -0.549 e. The predicted molar refractivity (Wildman–Crippen MR) is 118 cm³/mol. The Bertz CT molecular complexity index is 978. The van der Waals surface area contributed by atoms with Crippen molar-refractivity contribution in [2.75, 3.05) is 5.75 Å². The van der Waals surface area contributed by atoms with E-state index in [1.54, 1.807) is 45.0 Å². The molecule has 1 aliphatic rings. The van der Waals surface area contributed by atoms with Crippen LogP contribution < -0.4 is 9.84 Å². The molecule has 0 aromatic heterocycles. The fraction of sp³-hybridized carbons (Fsp3) is 0.375. The molecule has 0 amide bonds. The van der Waals surface area contributed by atoms with Gasteiger partial charge < -0.3 is 14.6 Å². The zero-order valence-electron chi connectivity index (χ0n) is 17.5. The van der Waals surface area contributed by atoms with E-state index in [1.165, 1.54) is 6.08 Å². The summed E-state index contributed by atoms with van der Waals surface area (Å²) < 4.78 is 34.2. The third-order valence-corrected chi connectivity index (χ3v) is 7.36. The molecule has 0 bridgehead atoms. The second-order valence-electron chi connectivity index (χ2n) is 8.16. The van der Waals surface area contributed by atoms with E-state index in [-0.39, 0.29) is 12.2 Å². The topological polar surface area (TPSA) is 49.4 Å². The molecular formula is C24H24ClF2O3S-. The van der Waals surface area contributed by atoms with Gasteiger partial charge in [0, 0.05) is 11.4 Å². The minimum atomic E-state index is -3.25. The first-order valence-electron chi connectivity index (χ1n) is 9.97. The number of hydrogen-bond donors (Lipinski definition) is 0. The van der Waals surface area contributed by atoms with Crippen molar-refractivity contribution in [1.82, 2.24) is 0 Å². The van der Waals surface area contributed by atoms with Crippen molar-refractivity contribution in [3.05, 3.63) is 71.3 Å². The average molecular weight is 466 g/mol. The zero-order valence-corrected chi connectivity index (χ0v) is 19.1. The third kappa shape index (κ3) is 4.60. The van der Waals surface area contributed by atoms with Crippen LogP contribution in [-0.4, -0.2) is 17.0 Å². The summed E-state index contributed by atoms with van der Waals surface area (Å²) in [6, 6.07) is 16.3. The second kappa shape index (κ2) is 8.83. The van der Waals surface area contributed by atoms with Crippen molar-refractivity contribution in [3.8, 4) is 11.5 Å². The highest BCUT2D eigenvalue weighted by Gasteiger charge is 2.70. The number of rotatable bonds is 9. The normalized spacial score (nSPS) is 22.8. The van der Waals surface area contributed by atoms with E-state index in [9.17, 15) is 18.7 Å². The Balaban J connectivity index is 1.87. The number of ether oxygens (including phenoxy) is 1. The number of benzene rings is 2. The molecule has 31 heavy (non-hydrogen) atoms. The molecule has 1 saturated carbocycles. The van der Waals surface area contributed by atoms with Crippen LogP contribution in [0.4, 0.5) is 8.78 Å². The lowest BCUT2D eigenvalue weighted by atomic mass is 9.88. The maximum atomic E-state index is 14.2. The van der Waals surface area contributed by atoms with E-state index < -0.39 is 33.0 Å². The number of carboxylic acids is 1. The lowest BCUT2D eigenvalue weighted by Crippen LogP contribution is -2.38. The summed E-state index contributed by atoms with van der Waals surface area (Å²) in [5.74, 6) is -0.551. The maximum Gasteiger partial charge on any atom is 0.329 e. The van der Waals surface area contributed by atoms with E-state index in [0.29, 0.717) is 28.8 Å². The van der Waals surface area contributed by atoms with Crippen molar-refractivity contribution in [1.29, 1.82) is 0 Å². The fourth-order valence-corrected chi connectivity index (χ4v) is 5.06. The van der Waals surface area contributed by atoms with Crippen LogP contribution in [-0.2, 0) is 11.2 Å². The first-order chi connectivity index (χ1) is 14.5. The second-order valence-corrected chi connectivity index (χ2v) is 9.95. The molecule has 7 heteroatoms. The Morgan fingerprint density at radius 3 is 2.45 bits per heavy atom. The van der Waals surface area contributed by atoms with Gasteiger partial charge in [-0.3, -0.25) is 0 Å². The van der Waals surface area contributed by atoms with Gasteiger partial charge in [-0.1, -0.05) is 80.5 Å². The van der Waals surface area contributed by atoms with Crippen LogP contribution in [0, 0.1) is 16.7 Å². The quantitative estimate of drug-likeness (QED) is 0.464. The van der Waals surface area contributed by atoms with Gasteiger partial charge in [0.2, 0.25) is 0 Å². The third-order valence-electron chi connectivity index (χ3n) is 6.02. The minimum absolute atomic E-state index is 0.117. The molecule has 2 aromatic carbocycles. The highest BCUT2D eigenvalue weighted by atomic mass is 35.5. The summed E-state index contributed by atoms with van der Waals surface area (Å²) in [5, 5.41) is 8.35. The standard InChI is InChI=1S/C24H25ClF2O3S/c1-4-31-24(26,27)20(25)14-19-22(2,3)23(19,21(28)29)15-16-9-8-12-18(13-16)30-17-10-6-5-7-11-17/h5-14,19H,4,15H2,1-3H3,(H,28,29)/p-1. The predicted octanol–water partition coefficient (Wildman–Crippen LogP) is 5.88. The van der Waals surface area contributed by atoms with E-state index in [1.807, 2.05) is 30.3 Å². The first kappa shape index (κ1) is 23.6. The van der Waals surface area contributed by atoms with Crippen molar-refractivity contribution >= 4 is 29.3 Å². The number of carbonyl (C=O) groups excluding carboxylic acids is 1. The molecular weight excluding hydrogens is 442 g/mol. The SMILES string of the molecule is CCSC(F)(F)C(Cl)=CC1C(C)(C)C1(Cc1cccc(Oc2ccccc2)c1)C(=O)[O-]. The van der Waals surface area contributed by atoms with Gasteiger partial charge in [0.1, 0.15) is 11.5 Å². The van der Waals surface area contributed by atoms with Crippen molar-refractivity contribution < 1.29 is 23.4 Å². The van der Waals surface area contributed by atoms with Crippen LogP contribution in [0.3, 0.4) is 0 Å². The number of carbonyl (C=O) groups is 1. The van der Waals surface area contributed by atoms with E-state index in [0.717, 1.165) is 0 Å². The van der Waals surface area contributed by atoms with Gasteiger partial charge in [0.05, 0.1) is 5.03 Å². The number of aliphatic carboxylic acids is 1. The molecule has 0 saturated heterocycles. The number of thioether (sulfide) groups is 1. The van der Waals surface area contributed by atoms with Crippen LogP contribution in [0.15, 0.2) is 65.7 Å². The first-order valence-corrected chi connectivity index (χ1v) is 11.3. The van der Waals surface area contributed by atoms with Gasteiger partial charge in [-0.25, -0.2) is 0 Å². The summed E-state index contributed by atoms with van der Waals surface area (Å²) in [7, 11) is 0. The van der Waals surface area contributed by atoms with Crippen molar-refractivity contribution in [2.45, 2.75) is 32.4 Å². The Morgan fingerprint density at radius 1 is 1.19 bits per heavy atom. The highest BCUT2D eigenvalue weighted by molar-refractivity contribution is 8.00. The fourth-order valence-electron chi connectivity index (χ4n) is 4.20. The van der Waals surface area contributed by atoms with Gasteiger partial charge >= 0.3 is 5.25 Å². The Labute approximate surface area is 190 Å². The van der Waals surface area contributed by atoms with Crippen LogP contribution in [0.25, 0.3) is 0 Å². The molecule has 0 radical (unpaired) electrons. The Kier molecular flexibility index (Phi) is 6.72. The van der Waals surface area contributed by atoms with Gasteiger partial charge in [-0.05, 0) is 53.3 Å². The molecule has 2 atom stereocenters. The van der Waals surface area contributed by atoms with E-state index in [2.05, 4.69) is 0 Å². The van der Waals surface area contributed by atoms with Gasteiger partial charge in [-0.2, -0.15) is 8.78 Å². The lowest BCUT2D eigenvalue weighted by molar-refractivity contribution is -0.315. The van der Waals surface area contributed by atoms with Crippen LogP contribution in [0.5, 0.6) is 11.5 Å². The smallest absolute Gasteiger partial charge is 0.329 e. The molecule has 1 fully saturated rings. The molecule has 1 aliphatic carbocycles. The number of para-hydroxylation sites is 1. The van der Waals surface area contributed by atoms with Crippen LogP contribution in [0.2, 0.25) is 0 Å². The molecule has 2 aromatic rings. The van der Waals surface area contributed by atoms with Crippen molar-refractivity contribution in [2.24, 2.45) is 16.7 Å². The van der Waals surface area contributed by atoms with Crippen molar-refractivity contribution in [3.63, 3.8) is 0 Å². The van der Waals surface area contributed by atoms with Gasteiger partial charge in [0.25, 0.3) is 0 Å². The largest absolute Gasteiger partial charge is 0.549 e. The lowest BCUT2D eigenvalue weighted by Gasteiger charge is -2.22. The van der Waals surface area contributed by atoms with E-state index in [4.69, 9.17) is 16.3 Å². The number of carboxylic acid groups (broad SMARTS) is 1. The average Bonchev–Trinajstić information content (AvgIpc) is 3.17. The number of allylic oxidation sites excluding steroid dienone is 1. The maximum absolute atomic E-state index is 14.2. The Hall–Kier alpha value is -2.05. The van der Waals surface area contributed by atoms with Gasteiger partial charge in [0.15, 0.2) is 0 Å².